The molecule has 236 valence electrons. The summed E-state index contributed by atoms with van der Waals surface area (Å²) in [4.78, 5) is 43.4. The first-order valence-corrected chi connectivity index (χ1v) is 15.8. The number of nitrogens with two attached hydrogens (primary N) is 1. The van der Waals surface area contributed by atoms with E-state index in [-0.39, 0.29) is 40.5 Å². The van der Waals surface area contributed by atoms with Crippen LogP contribution in [0.15, 0.2) is 58.9 Å². The minimum atomic E-state index is -0.469. The number of rotatable bonds is 9. The maximum Gasteiger partial charge on any atom is 0.256 e. The fraction of sp³-hybridized carbons (Fsp3) is 0.400. The Hall–Kier alpha value is -4.44. The van der Waals surface area contributed by atoms with Gasteiger partial charge in [0.25, 0.3) is 5.91 Å². The Morgan fingerprint density at radius 2 is 1.84 bits per heavy atom. The van der Waals surface area contributed by atoms with Gasteiger partial charge in [-0.25, -0.2) is 4.39 Å². The number of nitrogens with one attached hydrogen (secondary N) is 1. The minimum Gasteiger partial charge on any atom is -0.451 e. The second kappa shape index (κ2) is 12.5. The SMILES string of the molecule is CCCC(CCNC(=O)c1cn2c3c(c1=O)=CCC(F)=C(N1CCC(C(N)=O)CC1)C=3Oc1cc3ccccc3cc1-2)N(C)C. The Bertz CT molecular complexity index is 1890. The smallest absolute Gasteiger partial charge is 0.256 e. The van der Waals surface area contributed by atoms with E-state index in [4.69, 9.17) is 10.5 Å². The van der Waals surface area contributed by atoms with Crippen molar-refractivity contribution < 1.29 is 18.7 Å². The van der Waals surface area contributed by atoms with Crippen molar-refractivity contribution in [3.8, 4) is 11.4 Å². The van der Waals surface area contributed by atoms with Crippen LogP contribution >= 0.6 is 0 Å². The minimum absolute atomic E-state index is 0.00613. The van der Waals surface area contributed by atoms with E-state index in [0.29, 0.717) is 55.3 Å². The zero-order valence-corrected chi connectivity index (χ0v) is 26.1. The van der Waals surface area contributed by atoms with E-state index in [1.165, 1.54) is 0 Å². The van der Waals surface area contributed by atoms with E-state index in [0.717, 1.165) is 30.0 Å². The molecule has 1 aliphatic carbocycles. The molecule has 45 heavy (non-hydrogen) atoms. The van der Waals surface area contributed by atoms with Crippen molar-refractivity contribution in [3.05, 3.63) is 80.5 Å². The molecule has 2 aromatic carbocycles. The molecule has 6 rings (SSSR count). The Morgan fingerprint density at radius 1 is 1.13 bits per heavy atom. The average Bonchev–Trinajstić information content (AvgIpc) is 3.17. The predicted molar refractivity (Wildman–Crippen MR) is 173 cm³/mol. The number of benzene rings is 2. The van der Waals surface area contributed by atoms with Gasteiger partial charge in [0.1, 0.15) is 22.4 Å². The summed E-state index contributed by atoms with van der Waals surface area (Å²) in [7, 11) is 4.06. The Balaban J connectivity index is 1.48. The van der Waals surface area contributed by atoms with Crippen molar-refractivity contribution >= 4 is 34.4 Å². The largest absolute Gasteiger partial charge is 0.451 e. The summed E-state index contributed by atoms with van der Waals surface area (Å²) in [6.07, 6.45) is 6.78. The summed E-state index contributed by atoms with van der Waals surface area (Å²) < 4.78 is 24.4. The number of hydrogen-bond acceptors (Lipinski definition) is 6. The number of ether oxygens (including phenoxy) is 1. The van der Waals surface area contributed by atoms with Gasteiger partial charge in [-0.15, -0.1) is 0 Å². The lowest BCUT2D eigenvalue weighted by Crippen LogP contribution is -2.51. The molecule has 1 aromatic heterocycles. The molecule has 3 N–H and O–H groups in total. The van der Waals surface area contributed by atoms with E-state index >= 15 is 4.39 Å². The highest BCUT2D eigenvalue weighted by molar-refractivity contribution is 5.94. The van der Waals surface area contributed by atoms with Crippen LogP contribution in [0.1, 0.15) is 55.8 Å². The first kappa shape index (κ1) is 30.6. The maximum absolute atomic E-state index is 16.1. The van der Waals surface area contributed by atoms with Crippen molar-refractivity contribution in [2.24, 2.45) is 11.7 Å². The molecule has 0 bridgehead atoms. The number of pyridine rings is 1. The van der Waals surface area contributed by atoms with E-state index in [9.17, 15) is 14.4 Å². The summed E-state index contributed by atoms with van der Waals surface area (Å²) in [6.45, 7) is 3.39. The lowest BCUT2D eigenvalue weighted by Gasteiger charge is -2.35. The van der Waals surface area contributed by atoms with Gasteiger partial charge >= 0.3 is 0 Å². The lowest BCUT2D eigenvalue weighted by molar-refractivity contribution is -0.123. The van der Waals surface area contributed by atoms with Crippen LogP contribution in [-0.2, 0) is 4.79 Å². The second-order valence-electron chi connectivity index (χ2n) is 12.4. The predicted octanol–water partition coefficient (Wildman–Crippen LogP) is 2.90. The van der Waals surface area contributed by atoms with Gasteiger partial charge in [0, 0.05) is 49.4 Å². The Morgan fingerprint density at radius 3 is 2.51 bits per heavy atom. The van der Waals surface area contributed by atoms with Crippen LogP contribution in [0.5, 0.6) is 5.75 Å². The van der Waals surface area contributed by atoms with Gasteiger partial charge in [-0.2, -0.15) is 0 Å². The monoisotopic (exact) mass is 613 g/mol. The number of allylic oxidation sites excluding steroid dienone is 1. The van der Waals surface area contributed by atoms with Gasteiger partial charge in [-0.3, -0.25) is 14.4 Å². The fourth-order valence-corrected chi connectivity index (χ4v) is 6.76. The van der Waals surface area contributed by atoms with Crippen molar-refractivity contribution in [1.82, 2.24) is 19.7 Å². The zero-order chi connectivity index (χ0) is 31.8. The first-order valence-electron chi connectivity index (χ1n) is 15.8. The van der Waals surface area contributed by atoms with Crippen LogP contribution in [0.4, 0.5) is 4.39 Å². The second-order valence-corrected chi connectivity index (χ2v) is 12.4. The van der Waals surface area contributed by atoms with E-state index in [1.807, 2.05) is 55.4 Å². The highest BCUT2D eigenvalue weighted by Crippen LogP contribution is 2.37. The van der Waals surface area contributed by atoms with E-state index in [2.05, 4.69) is 17.1 Å². The molecule has 2 aliphatic heterocycles. The maximum atomic E-state index is 16.1. The quantitative estimate of drug-likeness (QED) is 0.384. The Kier molecular flexibility index (Phi) is 8.50. The number of nitrogens with zero attached hydrogens (tertiary/aromatic N) is 3. The summed E-state index contributed by atoms with van der Waals surface area (Å²) in [6, 6.07) is 12.0. The number of hydrogen-bond donors (Lipinski definition) is 2. The van der Waals surface area contributed by atoms with Crippen LogP contribution in [0.3, 0.4) is 0 Å². The van der Waals surface area contributed by atoms with Crippen molar-refractivity contribution in [2.75, 3.05) is 33.7 Å². The number of likely N-dealkylation sites (tertiary alicyclic amines) is 1. The van der Waals surface area contributed by atoms with Crippen LogP contribution in [0.25, 0.3) is 28.3 Å². The number of fused-ring (bicyclic) bond motifs is 3. The summed E-state index contributed by atoms with van der Waals surface area (Å²) in [5, 5.41) is 5.50. The number of aromatic nitrogens is 1. The number of carbonyl (C=O) groups is 2. The van der Waals surface area contributed by atoms with Crippen LogP contribution in [0.2, 0.25) is 0 Å². The van der Waals surface area contributed by atoms with Gasteiger partial charge in [-0.05, 0) is 62.7 Å². The number of primary amides is 1. The molecule has 1 saturated heterocycles. The molecule has 3 aliphatic rings. The van der Waals surface area contributed by atoms with Gasteiger partial charge in [0.15, 0.2) is 11.5 Å². The van der Waals surface area contributed by atoms with Gasteiger partial charge < -0.3 is 30.2 Å². The third-order valence-electron chi connectivity index (χ3n) is 9.29. The molecule has 3 aromatic rings. The highest BCUT2D eigenvalue weighted by Gasteiger charge is 2.33. The van der Waals surface area contributed by atoms with Crippen molar-refractivity contribution in [3.63, 3.8) is 0 Å². The number of carbonyl (C=O) groups excluding carboxylic acids is 2. The van der Waals surface area contributed by atoms with Crippen molar-refractivity contribution in [2.45, 2.75) is 51.5 Å². The number of piperidine rings is 1. The molecule has 1 unspecified atom stereocenters. The normalized spacial score (nSPS) is 16.9. The van der Waals surface area contributed by atoms with E-state index < -0.39 is 17.2 Å². The van der Waals surface area contributed by atoms with Gasteiger partial charge in [0.2, 0.25) is 11.3 Å². The molecular weight excluding hydrogens is 573 g/mol. The molecule has 0 radical (unpaired) electrons. The highest BCUT2D eigenvalue weighted by atomic mass is 19.1. The molecule has 0 spiro atoms. The number of amides is 2. The fourth-order valence-electron chi connectivity index (χ4n) is 6.76. The first-order chi connectivity index (χ1) is 21.7. The zero-order valence-electron chi connectivity index (χ0n) is 26.1. The third kappa shape index (κ3) is 5.75. The van der Waals surface area contributed by atoms with Crippen LogP contribution in [0, 0.1) is 5.92 Å². The van der Waals surface area contributed by atoms with Crippen LogP contribution < -0.4 is 31.8 Å². The molecule has 1 fully saturated rings. The molecular formula is C35H40FN5O4. The molecule has 3 heterocycles. The summed E-state index contributed by atoms with van der Waals surface area (Å²) in [5.41, 5.74) is 6.01. The molecule has 2 amide bonds. The summed E-state index contributed by atoms with van der Waals surface area (Å²) >= 11 is 0. The lowest BCUT2D eigenvalue weighted by atomic mass is 9.95. The molecule has 0 saturated carbocycles. The van der Waals surface area contributed by atoms with Gasteiger partial charge in [0.05, 0.1) is 5.69 Å². The molecule has 10 heteroatoms. The topological polar surface area (TPSA) is 110 Å². The number of halogens is 1. The third-order valence-corrected chi connectivity index (χ3v) is 9.29. The van der Waals surface area contributed by atoms with Gasteiger partial charge in [-0.1, -0.05) is 43.7 Å². The average molecular weight is 614 g/mol. The molecule has 1 atom stereocenters. The molecule has 9 nitrogen and oxygen atoms in total. The summed E-state index contributed by atoms with van der Waals surface area (Å²) in [5.74, 6) is -0.804. The van der Waals surface area contributed by atoms with Crippen molar-refractivity contribution in [1.29, 1.82) is 0 Å². The standard InChI is InChI=1S/C35H40FN5O4/c1-4-7-24(39(2)3)12-15-38-35(44)26-20-41-28-18-22-8-5-6-9-23(22)19-29(28)45-33-30(41)25(32(26)42)10-11-27(36)31(33)40-16-13-21(14-17-40)34(37)43/h5-6,8-10,18-21,24H,4,7,11-17H2,1-3H3,(H2,37,43)(H,38,44). The van der Waals surface area contributed by atoms with Crippen LogP contribution in [-0.4, -0.2) is 66.0 Å². The van der Waals surface area contributed by atoms with E-state index in [1.54, 1.807) is 16.8 Å². The Labute approximate surface area is 261 Å².